The highest BCUT2D eigenvalue weighted by Crippen LogP contribution is 2.26. The molecule has 2 heterocycles. The number of rotatable bonds is 12. The number of nitrogens with zero attached hydrogens (tertiary/aromatic N) is 2. The average Bonchev–Trinajstić information content (AvgIpc) is 3.34. The molecule has 4 rings (SSSR count). The molecule has 0 spiro atoms. The van der Waals surface area contributed by atoms with Gasteiger partial charge < -0.3 is 29.4 Å². The summed E-state index contributed by atoms with van der Waals surface area (Å²) < 4.78 is 16.0. The molecule has 0 unspecified atom stereocenters. The smallest absolute Gasteiger partial charge is 0.408 e. The van der Waals surface area contributed by atoms with E-state index in [-0.39, 0.29) is 24.7 Å². The van der Waals surface area contributed by atoms with Crippen LogP contribution in [0, 0.1) is 0 Å². The molecule has 2 aromatic heterocycles. The van der Waals surface area contributed by atoms with E-state index in [9.17, 15) is 14.4 Å². The molecule has 244 valence electrons. The first-order valence-electron chi connectivity index (χ1n) is 15.2. The summed E-state index contributed by atoms with van der Waals surface area (Å²) in [5.41, 5.74) is 4.96. The second kappa shape index (κ2) is 15.1. The van der Waals surface area contributed by atoms with Crippen molar-refractivity contribution in [1.29, 1.82) is 0 Å². The number of hydrogen-bond acceptors (Lipinski definition) is 7. The number of halogens is 1. The fourth-order valence-electron chi connectivity index (χ4n) is 5.12. The third kappa shape index (κ3) is 9.23. The standard InChI is InChI=1S/C35H41ClN4O6/c1-7-45-31(41)21-26-27(37-28-17-18-30(44-6)39-32(26)28)16-11-22-9-8-10-23(19-22)20-29(38-34(43)46-35(2,3)4)33(42)40(5)25-14-12-24(36)13-15-25/h8-10,12-15,17-19,29,37H,7,11,16,20-21H2,1-6H3,(H,38,43)/t29-/m0/s1. The lowest BCUT2D eigenvalue weighted by Gasteiger charge is -2.27. The average molecular weight is 649 g/mol. The molecule has 0 bridgehead atoms. The lowest BCUT2D eigenvalue weighted by atomic mass is 9.99. The number of ether oxygens (including phenoxy) is 3. The second-order valence-corrected chi connectivity index (χ2v) is 12.3. The van der Waals surface area contributed by atoms with Crippen LogP contribution in [-0.4, -0.2) is 60.3 Å². The molecule has 2 aromatic carbocycles. The molecule has 46 heavy (non-hydrogen) atoms. The van der Waals surface area contributed by atoms with Gasteiger partial charge >= 0.3 is 12.1 Å². The van der Waals surface area contributed by atoms with Crippen LogP contribution < -0.4 is 15.0 Å². The Bertz CT molecular complexity index is 1680. The monoisotopic (exact) mass is 648 g/mol. The Kier molecular flexibility index (Phi) is 11.3. The predicted octanol–water partition coefficient (Wildman–Crippen LogP) is 6.21. The highest BCUT2D eigenvalue weighted by molar-refractivity contribution is 6.30. The number of aromatic nitrogens is 2. The van der Waals surface area contributed by atoms with E-state index in [0.717, 1.165) is 27.9 Å². The van der Waals surface area contributed by atoms with E-state index in [2.05, 4.69) is 15.3 Å². The Labute approximate surface area is 274 Å². The first-order chi connectivity index (χ1) is 21.9. The number of methoxy groups -OCH3 is 1. The molecule has 4 aromatic rings. The van der Waals surface area contributed by atoms with Gasteiger partial charge in [0.05, 0.1) is 31.2 Å². The number of aryl methyl sites for hydroxylation is 2. The van der Waals surface area contributed by atoms with Gasteiger partial charge in [0.25, 0.3) is 0 Å². The van der Waals surface area contributed by atoms with Crippen LogP contribution in [0.15, 0.2) is 60.7 Å². The van der Waals surface area contributed by atoms with E-state index < -0.39 is 17.7 Å². The molecule has 1 atom stereocenters. The highest BCUT2D eigenvalue weighted by atomic mass is 35.5. The lowest BCUT2D eigenvalue weighted by molar-refractivity contribution is -0.142. The maximum absolute atomic E-state index is 13.7. The number of benzene rings is 2. The van der Waals surface area contributed by atoms with Crippen LogP contribution >= 0.6 is 11.6 Å². The molecule has 2 amide bonds. The third-order valence-corrected chi connectivity index (χ3v) is 7.52. The number of anilines is 1. The van der Waals surface area contributed by atoms with Crippen molar-refractivity contribution in [2.45, 2.75) is 65.0 Å². The molecule has 0 radical (unpaired) electrons. The Balaban J connectivity index is 1.55. The van der Waals surface area contributed by atoms with Crippen molar-refractivity contribution in [3.8, 4) is 5.88 Å². The number of carbonyl (C=O) groups excluding carboxylic acids is 3. The Morgan fingerprint density at radius 3 is 2.41 bits per heavy atom. The molecular formula is C35H41ClN4O6. The number of H-pyrrole nitrogens is 1. The topological polar surface area (TPSA) is 123 Å². The van der Waals surface area contributed by atoms with E-state index in [1.807, 2.05) is 30.3 Å². The summed E-state index contributed by atoms with van der Waals surface area (Å²) in [6, 6.07) is 17.6. The molecule has 0 aliphatic rings. The SMILES string of the molecule is CCOC(=O)Cc1c(CCc2cccc(C[C@H](NC(=O)OC(C)(C)C)C(=O)N(C)c3ccc(Cl)cc3)c2)[nH]c2ccc(OC)nc12. The first-order valence-corrected chi connectivity index (χ1v) is 15.5. The van der Waals surface area contributed by atoms with Crippen LogP contribution in [-0.2, 0) is 44.7 Å². The summed E-state index contributed by atoms with van der Waals surface area (Å²) in [6.45, 7) is 7.38. The molecule has 0 aliphatic heterocycles. The maximum Gasteiger partial charge on any atom is 0.408 e. The van der Waals surface area contributed by atoms with Crippen molar-refractivity contribution in [2.24, 2.45) is 0 Å². The zero-order valence-corrected chi connectivity index (χ0v) is 27.9. The van der Waals surface area contributed by atoms with E-state index in [1.54, 1.807) is 72.2 Å². The number of amides is 2. The van der Waals surface area contributed by atoms with Crippen LogP contribution in [0.4, 0.5) is 10.5 Å². The number of fused-ring (bicyclic) bond motifs is 1. The molecular weight excluding hydrogens is 608 g/mol. The van der Waals surface area contributed by atoms with E-state index in [1.165, 1.54) is 4.90 Å². The van der Waals surface area contributed by atoms with Gasteiger partial charge in [-0.3, -0.25) is 9.59 Å². The number of esters is 1. The van der Waals surface area contributed by atoms with Gasteiger partial charge in [-0.1, -0.05) is 35.9 Å². The number of hydrogen-bond donors (Lipinski definition) is 2. The van der Waals surface area contributed by atoms with Crippen LogP contribution in [0.2, 0.25) is 5.02 Å². The number of nitrogens with one attached hydrogen (secondary N) is 2. The van der Waals surface area contributed by atoms with Crippen LogP contribution in [0.3, 0.4) is 0 Å². The first kappa shape index (κ1) is 34.3. The molecule has 0 fully saturated rings. The molecule has 0 saturated carbocycles. The summed E-state index contributed by atoms with van der Waals surface area (Å²) >= 11 is 6.04. The summed E-state index contributed by atoms with van der Waals surface area (Å²) in [5.74, 6) is -0.169. The fourth-order valence-corrected chi connectivity index (χ4v) is 5.25. The highest BCUT2D eigenvalue weighted by Gasteiger charge is 2.28. The molecule has 11 heteroatoms. The van der Waals surface area contributed by atoms with E-state index in [0.29, 0.717) is 41.6 Å². The number of alkyl carbamates (subject to hydrolysis) is 1. The van der Waals surface area contributed by atoms with Gasteiger partial charge in [0.2, 0.25) is 11.8 Å². The second-order valence-electron chi connectivity index (χ2n) is 11.9. The number of carbonyl (C=O) groups is 3. The Morgan fingerprint density at radius 2 is 1.74 bits per heavy atom. The quantitative estimate of drug-likeness (QED) is 0.175. The van der Waals surface area contributed by atoms with Gasteiger partial charge in [-0.05, 0) is 82.0 Å². The molecule has 2 N–H and O–H groups in total. The van der Waals surface area contributed by atoms with Gasteiger partial charge in [0.1, 0.15) is 11.6 Å². The van der Waals surface area contributed by atoms with Crippen molar-refractivity contribution in [1.82, 2.24) is 15.3 Å². The normalized spacial score (nSPS) is 12.0. The number of aromatic amines is 1. The van der Waals surface area contributed by atoms with Crippen molar-refractivity contribution in [2.75, 3.05) is 25.7 Å². The predicted molar refractivity (Wildman–Crippen MR) is 179 cm³/mol. The minimum Gasteiger partial charge on any atom is -0.481 e. The van der Waals surface area contributed by atoms with E-state index >= 15 is 0 Å². The van der Waals surface area contributed by atoms with Gasteiger partial charge in [0, 0.05) is 41.5 Å². The van der Waals surface area contributed by atoms with Crippen molar-refractivity contribution in [3.05, 3.63) is 88.1 Å². The van der Waals surface area contributed by atoms with Crippen LogP contribution in [0.5, 0.6) is 5.88 Å². The van der Waals surface area contributed by atoms with Gasteiger partial charge in [-0.25, -0.2) is 9.78 Å². The summed E-state index contributed by atoms with van der Waals surface area (Å²) in [5, 5.41) is 3.33. The third-order valence-electron chi connectivity index (χ3n) is 7.27. The zero-order valence-electron chi connectivity index (χ0n) is 27.1. The maximum atomic E-state index is 13.7. The van der Waals surface area contributed by atoms with Gasteiger partial charge in [-0.15, -0.1) is 0 Å². The van der Waals surface area contributed by atoms with Crippen molar-refractivity contribution in [3.63, 3.8) is 0 Å². The summed E-state index contributed by atoms with van der Waals surface area (Å²) in [7, 11) is 3.21. The summed E-state index contributed by atoms with van der Waals surface area (Å²) in [4.78, 5) is 48.5. The zero-order chi connectivity index (χ0) is 33.4. The minimum atomic E-state index is -0.892. The van der Waals surface area contributed by atoms with Crippen molar-refractivity contribution >= 4 is 46.3 Å². The molecule has 10 nitrogen and oxygen atoms in total. The summed E-state index contributed by atoms with van der Waals surface area (Å²) in [6.07, 6.45) is 0.911. The van der Waals surface area contributed by atoms with Crippen molar-refractivity contribution < 1.29 is 28.6 Å². The molecule has 0 saturated heterocycles. The van der Waals surface area contributed by atoms with Gasteiger partial charge in [0.15, 0.2) is 0 Å². The fraction of sp³-hybridized carbons (Fsp3) is 0.371. The van der Waals surface area contributed by atoms with Crippen LogP contribution in [0.25, 0.3) is 11.0 Å². The van der Waals surface area contributed by atoms with Crippen LogP contribution in [0.1, 0.15) is 50.1 Å². The number of pyridine rings is 1. The van der Waals surface area contributed by atoms with E-state index in [4.69, 9.17) is 25.8 Å². The number of likely N-dealkylation sites (N-methyl/N-ethyl adjacent to an activating group) is 1. The Hall–Kier alpha value is -4.57. The lowest BCUT2D eigenvalue weighted by Crippen LogP contribution is -2.50. The van der Waals surface area contributed by atoms with Gasteiger partial charge in [-0.2, -0.15) is 0 Å². The minimum absolute atomic E-state index is 0.0879. The molecule has 0 aliphatic carbocycles. The largest absolute Gasteiger partial charge is 0.481 e. The Morgan fingerprint density at radius 1 is 1.02 bits per heavy atom.